The van der Waals surface area contributed by atoms with E-state index in [1.165, 1.54) is 35.9 Å². The molecule has 0 saturated heterocycles. The van der Waals surface area contributed by atoms with Crippen LogP contribution in [-0.2, 0) is 19.4 Å². The maximum Gasteiger partial charge on any atom is 0.251 e. The molecular weight excluding hydrogens is 298 g/mol. The molecule has 24 heavy (non-hydrogen) atoms. The number of rotatable bonds is 3. The zero-order valence-corrected chi connectivity index (χ0v) is 13.6. The summed E-state index contributed by atoms with van der Waals surface area (Å²) in [6.45, 7) is 0.447. The minimum Gasteiger partial charge on any atom is -0.358 e. The number of H-pyrrole nitrogens is 1. The Labute approximate surface area is 141 Å². The Hall–Kier alpha value is -2.62. The number of aryl methyl sites for hydroxylation is 2. The maximum absolute atomic E-state index is 12.5. The van der Waals surface area contributed by atoms with Gasteiger partial charge in [-0.05, 0) is 61.6 Å². The molecule has 0 fully saturated rings. The number of hydrogen-bond acceptors (Lipinski definition) is 2. The highest BCUT2D eigenvalue weighted by Crippen LogP contribution is 2.29. The number of aromatic nitrogens is 2. The minimum atomic E-state index is -0.0499. The van der Waals surface area contributed by atoms with Crippen molar-refractivity contribution in [3.05, 3.63) is 65.1 Å². The zero-order valence-electron chi connectivity index (χ0n) is 13.6. The smallest absolute Gasteiger partial charge is 0.251 e. The van der Waals surface area contributed by atoms with E-state index >= 15 is 0 Å². The van der Waals surface area contributed by atoms with Crippen LogP contribution in [0.25, 0.3) is 10.9 Å². The Bertz CT molecular complexity index is 867. The molecule has 0 radical (unpaired) electrons. The summed E-state index contributed by atoms with van der Waals surface area (Å²) in [5.41, 5.74) is 5.48. The van der Waals surface area contributed by atoms with Crippen LogP contribution in [0, 0.1) is 0 Å². The van der Waals surface area contributed by atoms with Gasteiger partial charge in [-0.25, -0.2) is 0 Å². The number of carbonyl (C=O) groups is 1. The van der Waals surface area contributed by atoms with Gasteiger partial charge in [-0.2, -0.15) is 0 Å². The molecule has 2 heterocycles. The van der Waals surface area contributed by atoms with Crippen molar-refractivity contribution < 1.29 is 4.79 Å². The van der Waals surface area contributed by atoms with Crippen LogP contribution >= 0.6 is 0 Å². The topological polar surface area (TPSA) is 57.8 Å². The highest BCUT2D eigenvalue weighted by atomic mass is 16.1. The number of pyridine rings is 1. The molecule has 3 aromatic rings. The second-order valence-corrected chi connectivity index (χ2v) is 6.41. The molecule has 0 unspecified atom stereocenters. The van der Waals surface area contributed by atoms with Gasteiger partial charge in [0, 0.05) is 28.4 Å². The normalized spacial score (nSPS) is 14.2. The van der Waals surface area contributed by atoms with Crippen LogP contribution in [0.4, 0.5) is 0 Å². The summed E-state index contributed by atoms with van der Waals surface area (Å²) >= 11 is 0. The summed E-state index contributed by atoms with van der Waals surface area (Å²) in [4.78, 5) is 20.2. The van der Waals surface area contributed by atoms with Crippen molar-refractivity contribution in [2.75, 3.05) is 0 Å². The molecular formula is C20H21N3O. The van der Waals surface area contributed by atoms with Crippen molar-refractivity contribution in [2.24, 2.45) is 0 Å². The van der Waals surface area contributed by atoms with Crippen molar-refractivity contribution >= 4 is 16.8 Å². The number of nitrogens with one attached hydrogen (secondary N) is 2. The first-order chi connectivity index (χ1) is 11.8. The average molecular weight is 319 g/mol. The standard InChI is InChI=1S/C20H21N3O/c24-20(22-13-15-6-4-5-11-21-15)14-9-10-19-17(12-14)16-7-2-1-3-8-18(16)23-19/h4-6,9-12,23H,1-3,7-8,13H2,(H,22,24). The summed E-state index contributed by atoms with van der Waals surface area (Å²) in [6, 6.07) is 11.7. The second-order valence-electron chi connectivity index (χ2n) is 6.41. The molecule has 1 aromatic carbocycles. The Morgan fingerprint density at radius 2 is 2.04 bits per heavy atom. The Morgan fingerprint density at radius 1 is 1.12 bits per heavy atom. The molecule has 0 atom stereocenters. The van der Waals surface area contributed by atoms with Gasteiger partial charge in [0.05, 0.1) is 12.2 Å². The van der Waals surface area contributed by atoms with E-state index in [4.69, 9.17) is 0 Å². The number of hydrogen-bond donors (Lipinski definition) is 2. The number of amides is 1. The highest BCUT2D eigenvalue weighted by molar-refractivity contribution is 5.99. The van der Waals surface area contributed by atoms with E-state index in [-0.39, 0.29) is 5.91 Å². The SMILES string of the molecule is O=C(NCc1ccccn1)c1ccc2[nH]c3c(c2c1)CCCCC3. The lowest BCUT2D eigenvalue weighted by atomic mass is 10.0. The van der Waals surface area contributed by atoms with Crippen LogP contribution < -0.4 is 5.32 Å². The van der Waals surface area contributed by atoms with E-state index in [9.17, 15) is 4.79 Å². The van der Waals surface area contributed by atoms with Crippen molar-refractivity contribution in [2.45, 2.75) is 38.6 Å². The quantitative estimate of drug-likeness (QED) is 0.722. The molecule has 0 spiro atoms. The minimum absolute atomic E-state index is 0.0499. The molecule has 1 aliphatic rings. The fourth-order valence-corrected chi connectivity index (χ4v) is 3.50. The van der Waals surface area contributed by atoms with Crippen LogP contribution in [0.15, 0.2) is 42.6 Å². The van der Waals surface area contributed by atoms with E-state index < -0.39 is 0 Å². The summed E-state index contributed by atoms with van der Waals surface area (Å²) in [5.74, 6) is -0.0499. The van der Waals surface area contributed by atoms with E-state index in [2.05, 4.69) is 15.3 Å². The number of nitrogens with zero attached hydrogens (tertiary/aromatic N) is 1. The predicted octanol–water partition coefficient (Wildman–Crippen LogP) is 3.76. The Balaban J connectivity index is 1.57. The third-order valence-corrected chi connectivity index (χ3v) is 4.77. The molecule has 4 heteroatoms. The molecule has 0 aliphatic heterocycles. The van der Waals surface area contributed by atoms with Gasteiger partial charge in [0.1, 0.15) is 0 Å². The Kier molecular flexibility index (Phi) is 4.03. The van der Waals surface area contributed by atoms with Crippen LogP contribution in [0.2, 0.25) is 0 Å². The first kappa shape index (κ1) is 14.9. The largest absolute Gasteiger partial charge is 0.358 e. The van der Waals surface area contributed by atoms with Gasteiger partial charge in [0.2, 0.25) is 0 Å². The monoisotopic (exact) mass is 319 g/mol. The van der Waals surface area contributed by atoms with Gasteiger partial charge >= 0.3 is 0 Å². The van der Waals surface area contributed by atoms with E-state index in [1.807, 2.05) is 36.4 Å². The first-order valence-electron chi connectivity index (χ1n) is 8.63. The molecule has 0 bridgehead atoms. The fraction of sp³-hybridized carbons (Fsp3) is 0.300. The number of benzene rings is 1. The molecule has 1 amide bonds. The van der Waals surface area contributed by atoms with Gasteiger partial charge < -0.3 is 10.3 Å². The highest BCUT2D eigenvalue weighted by Gasteiger charge is 2.16. The lowest BCUT2D eigenvalue weighted by Gasteiger charge is -2.06. The van der Waals surface area contributed by atoms with Crippen molar-refractivity contribution in [3.63, 3.8) is 0 Å². The molecule has 122 valence electrons. The molecule has 4 nitrogen and oxygen atoms in total. The molecule has 4 rings (SSSR count). The molecule has 2 N–H and O–H groups in total. The van der Waals surface area contributed by atoms with Gasteiger partial charge in [0.25, 0.3) is 5.91 Å². The van der Waals surface area contributed by atoms with Crippen molar-refractivity contribution in [3.8, 4) is 0 Å². The molecule has 2 aromatic heterocycles. The molecule has 1 aliphatic carbocycles. The number of fused-ring (bicyclic) bond motifs is 3. The van der Waals surface area contributed by atoms with E-state index in [0.717, 1.165) is 24.1 Å². The second kappa shape index (κ2) is 6.48. The van der Waals surface area contributed by atoms with Gasteiger partial charge in [-0.1, -0.05) is 12.5 Å². The Morgan fingerprint density at radius 3 is 2.92 bits per heavy atom. The van der Waals surface area contributed by atoms with Crippen LogP contribution in [-0.4, -0.2) is 15.9 Å². The third kappa shape index (κ3) is 2.92. The predicted molar refractivity (Wildman–Crippen MR) is 95.0 cm³/mol. The van der Waals surface area contributed by atoms with Gasteiger partial charge in [-0.15, -0.1) is 0 Å². The average Bonchev–Trinajstić information content (AvgIpc) is 2.80. The third-order valence-electron chi connectivity index (χ3n) is 4.77. The molecule has 0 saturated carbocycles. The fourth-order valence-electron chi connectivity index (χ4n) is 3.50. The summed E-state index contributed by atoms with van der Waals surface area (Å²) in [5, 5.41) is 4.16. The lowest BCUT2D eigenvalue weighted by molar-refractivity contribution is 0.0950. The van der Waals surface area contributed by atoms with Gasteiger partial charge in [0.15, 0.2) is 0 Å². The van der Waals surface area contributed by atoms with E-state index in [1.54, 1.807) is 6.20 Å². The maximum atomic E-state index is 12.5. The van der Waals surface area contributed by atoms with Crippen LogP contribution in [0.3, 0.4) is 0 Å². The lowest BCUT2D eigenvalue weighted by Crippen LogP contribution is -2.23. The summed E-state index contributed by atoms with van der Waals surface area (Å²) < 4.78 is 0. The van der Waals surface area contributed by atoms with Crippen molar-refractivity contribution in [1.29, 1.82) is 0 Å². The van der Waals surface area contributed by atoms with Crippen LogP contribution in [0.5, 0.6) is 0 Å². The number of carbonyl (C=O) groups excluding carboxylic acids is 1. The van der Waals surface area contributed by atoms with Gasteiger partial charge in [-0.3, -0.25) is 9.78 Å². The zero-order chi connectivity index (χ0) is 16.4. The van der Waals surface area contributed by atoms with Crippen molar-refractivity contribution in [1.82, 2.24) is 15.3 Å². The first-order valence-corrected chi connectivity index (χ1v) is 8.63. The summed E-state index contributed by atoms with van der Waals surface area (Å²) in [6.07, 6.45) is 7.73. The van der Waals surface area contributed by atoms with Crippen LogP contribution in [0.1, 0.15) is 46.6 Å². The van der Waals surface area contributed by atoms with E-state index in [0.29, 0.717) is 12.1 Å². The number of aromatic amines is 1. The summed E-state index contributed by atoms with van der Waals surface area (Å²) in [7, 11) is 0.